The summed E-state index contributed by atoms with van der Waals surface area (Å²) in [5.74, 6) is -0.474. The van der Waals surface area contributed by atoms with Gasteiger partial charge in [0.25, 0.3) is 11.8 Å². The Balaban J connectivity index is 0.000000261. The molecule has 32 heteroatoms. The van der Waals surface area contributed by atoms with Gasteiger partial charge in [-0.05, 0) is 172 Å². The number of aromatic nitrogens is 2. The van der Waals surface area contributed by atoms with Crippen LogP contribution in [-0.2, 0) is 51.3 Å². The monoisotopic (exact) mass is 1940 g/mol. The maximum Gasteiger partial charge on any atom is 0.251 e. The van der Waals surface area contributed by atoms with Crippen LogP contribution in [0.4, 0.5) is 0 Å². The number of nitriles is 2. The van der Waals surface area contributed by atoms with Gasteiger partial charge in [0.15, 0.2) is 0 Å². The quantitative estimate of drug-likeness (QED) is 0.0167. The van der Waals surface area contributed by atoms with Crippen LogP contribution in [0.15, 0.2) is 144 Å². The molecule has 4 heterocycles. The van der Waals surface area contributed by atoms with Gasteiger partial charge in [0.1, 0.15) is 84.7 Å². The molecule has 0 radical (unpaired) electrons. The summed E-state index contributed by atoms with van der Waals surface area (Å²) in [7, 11) is 0. The van der Waals surface area contributed by atoms with Gasteiger partial charge in [-0.15, -0.1) is 22.7 Å². The number of benzene rings is 6. The number of rotatable bonds is 38. The molecule has 4 fully saturated rings. The first-order chi connectivity index (χ1) is 64.2. The number of likely N-dealkylation sites (tertiary alicyclic amines) is 2. The molecule has 12 rings (SSSR count). The van der Waals surface area contributed by atoms with Gasteiger partial charge >= 0.3 is 0 Å². The van der Waals surface area contributed by atoms with Crippen LogP contribution in [-0.4, -0.2) is 190 Å². The fraction of sp³-hybridized carbons (Fsp3) is 0.500. The van der Waals surface area contributed by atoms with Crippen molar-refractivity contribution < 1.29 is 77.0 Å². The number of β-amino-alcohol motifs (C(OH)–C–C–N with tert-alkyl or cyclic N) is 2. The summed E-state index contributed by atoms with van der Waals surface area (Å²) in [5.41, 5.74) is 8.25. The van der Waals surface area contributed by atoms with Crippen molar-refractivity contribution in [1.82, 2.24) is 51.7 Å². The van der Waals surface area contributed by atoms with Gasteiger partial charge < -0.3 is 80.3 Å². The maximum absolute atomic E-state index is 14.0. The third-order valence-electron chi connectivity index (χ3n) is 26.1. The Morgan fingerprint density at radius 2 is 0.838 bits per heavy atom. The molecule has 2 aliphatic carbocycles. The van der Waals surface area contributed by atoms with E-state index in [4.69, 9.17) is 51.6 Å². The van der Waals surface area contributed by atoms with Crippen LogP contribution in [0.2, 0.25) is 10.0 Å². The number of hydrogen-bond acceptors (Lipinski definition) is 22. The molecule has 28 nitrogen and oxygen atoms in total. The van der Waals surface area contributed by atoms with Crippen LogP contribution in [0.3, 0.4) is 0 Å². The van der Waals surface area contributed by atoms with Gasteiger partial charge in [-0.2, -0.15) is 10.5 Å². The number of thiazole rings is 2. The van der Waals surface area contributed by atoms with Crippen LogP contribution < -0.4 is 50.8 Å². The summed E-state index contributed by atoms with van der Waals surface area (Å²) in [5, 5.41) is 58.3. The SMILES string of the molecule is Cc1ncsc1-c1ccc(CNC(=O)C2CC(O)CN2C(=O)[C@@H](NC(=O)CO[C@@H](C)CCCCOc2ccc(C(=O)NC3C(C)(C)C(Oc4ccc(C#N)c(Cl)c4)C3(C)C)cc2)C(C)(C)C)cc1.Cc1ncsc1-c1ccc(CNC(=O)[C@@H]2C[C@@H](O)CN2C(=O)[C@@H](NC(=O)CO[C@H](C)CCCCOc2ccc(C(=O)NC3C(C)(C)C(Oc4ccc(C#N)c(Cl)c4)C3(C)C)cc2)C(C)(C)C)cc1. The minimum Gasteiger partial charge on any atom is -0.494 e. The second-order valence-corrected chi connectivity index (χ2v) is 43.0. The summed E-state index contributed by atoms with van der Waals surface area (Å²) in [4.78, 5) is 122. The van der Waals surface area contributed by atoms with Crippen molar-refractivity contribution in [2.45, 2.75) is 262 Å². The molecule has 8 amide bonds. The third kappa shape index (κ3) is 26.4. The Morgan fingerprint density at radius 3 is 1.15 bits per heavy atom. The summed E-state index contributed by atoms with van der Waals surface area (Å²) in [6.45, 7) is 36.1. The molecular weight excluding hydrogens is 1810 g/mol. The average molecular weight is 1940 g/mol. The van der Waals surface area contributed by atoms with Gasteiger partial charge in [-0.3, -0.25) is 38.4 Å². The van der Waals surface area contributed by atoms with Gasteiger partial charge in [0.05, 0.1) is 91.0 Å². The van der Waals surface area contributed by atoms with Crippen LogP contribution in [0.25, 0.3) is 20.9 Å². The maximum atomic E-state index is 14.0. The highest BCUT2D eigenvalue weighted by atomic mass is 35.5. The van der Waals surface area contributed by atoms with Gasteiger partial charge in [0.2, 0.25) is 35.4 Å². The lowest BCUT2D eigenvalue weighted by molar-refractivity contribution is -0.164. The highest BCUT2D eigenvalue weighted by Gasteiger charge is 2.65. The van der Waals surface area contributed by atoms with E-state index in [0.717, 1.165) is 69.1 Å². The van der Waals surface area contributed by atoms with Gasteiger partial charge in [-0.25, -0.2) is 9.97 Å². The number of aryl methyl sites for hydroxylation is 2. The van der Waals surface area contributed by atoms with E-state index in [2.05, 4.69) is 109 Å². The second-order valence-electron chi connectivity index (χ2n) is 40.5. The van der Waals surface area contributed by atoms with Crippen LogP contribution in [0, 0.1) is 69.0 Å². The summed E-state index contributed by atoms with van der Waals surface area (Å²) in [6, 6.07) is 39.9. The topological polar surface area (TPSA) is 384 Å². The number of amides is 8. The number of nitrogens with zero attached hydrogens (tertiary/aromatic N) is 6. The van der Waals surface area contributed by atoms with E-state index < -0.39 is 92.5 Å². The fourth-order valence-electron chi connectivity index (χ4n) is 19.0. The van der Waals surface area contributed by atoms with Crippen molar-refractivity contribution in [2.75, 3.05) is 39.5 Å². The van der Waals surface area contributed by atoms with E-state index in [1.807, 2.05) is 129 Å². The number of nitrogens with one attached hydrogen (secondary N) is 6. The van der Waals surface area contributed by atoms with Crippen molar-refractivity contribution in [2.24, 2.45) is 32.5 Å². The summed E-state index contributed by atoms with van der Waals surface area (Å²) < 4.78 is 36.4. The molecule has 2 saturated carbocycles. The summed E-state index contributed by atoms with van der Waals surface area (Å²) >= 11 is 15.6. The fourth-order valence-corrected chi connectivity index (χ4v) is 21.1. The Hall–Kier alpha value is -11.1. The molecule has 0 bridgehead atoms. The van der Waals surface area contributed by atoms with Gasteiger partial charge in [-0.1, -0.05) is 169 Å². The predicted octanol–water partition coefficient (Wildman–Crippen LogP) is 16.0. The molecule has 728 valence electrons. The molecule has 136 heavy (non-hydrogen) atoms. The molecule has 8 aromatic rings. The first kappa shape index (κ1) is 105. The Bertz CT molecular complexity index is 5230. The zero-order chi connectivity index (χ0) is 99.1. The molecule has 8 N–H and O–H groups in total. The number of halogens is 2. The molecule has 6 aromatic carbocycles. The average Bonchev–Trinajstić information content (AvgIpc) is 0.778. The Labute approximate surface area is 816 Å². The second kappa shape index (κ2) is 45.5. The van der Waals surface area contributed by atoms with E-state index in [0.29, 0.717) is 81.4 Å². The first-order valence-electron chi connectivity index (χ1n) is 46.3. The molecule has 2 saturated heterocycles. The molecule has 8 atom stereocenters. The normalized spacial score (nSPS) is 20.3. The number of hydrogen-bond donors (Lipinski definition) is 8. The van der Waals surface area contributed by atoms with Crippen molar-refractivity contribution in [3.05, 3.63) is 199 Å². The van der Waals surface area contributed by atoms with Crippen molar-refractivity contribution in [3.8, 4) is 56.0 Å². The number of carbonyl (C=O) groups excluding carboxylic acids is 8. The van der Waals surface area contributed by atoms with E-state index in [1.54, 1.807) is 108 Å². The van der Waals surface area contributed by atoms with Crippen molar-refractivity contribution >= 4 is 93.1 Å². The Kier molecular flexibility index (Phi) is 35.3. The number of ether oxygens (including phenoxy) is 6. The highest BCUT2D eigenvalue weighted by Crippen LogP contribution is 2.57. The van der Waals surface area contributed by atoms with Crippen molar-refractivity contribution in [1.29, 1.82) is 10.5 Å². The van der Waals surface area contributed by atoms with E-state index in [9.17, 15) is 59.1 Å². The van der Waals surface area contributed by atoms with E-state index in [1.165, 1.54) is 9.80 Å². The molecule has 2 aliphatic heterocycles. The van der Waals surface area contributed by atoms with Crippen LogP contribution >= 0.6 is 45.9 Å². The van der Waals surface area contributed by atoms with E-state index >= 15 is 0 Å². The molecule has 4 aliphatic rings. The predicted molar refractivity (Wildman–Crippen MR) is 524 cm³/mol. The lowest BCUT2D eigenvalue weighted by Gasteiger charge is -2.63. The highest BCUT2D eigenvalue weighted by molar-refractivity contribution is 7.13. The summed E-state index contributed by atoms with van der Waals surface area (Å²) in [6.07, 6.45) is 1.93. The van der Waals surface area contributed by atoms with E-state index in [-0.39, 0.29) is 112 Å². The largest absolute Gasteiger partial charge is 0.494 e. The standard InChI is InChI=1S/2C52H65ClN6O8S/c2*1-31(12-10-11-23-65-38-20-17-35(18-21-38)45(62)58-48-51(6,7)49(52(48,8)9)67-39-22-19-36(26-54)40(53)25-39)66-29-42(61)57-44(50(3,4)5)47(64)59-28-37(60)24-41(59)46(63)55-27-33-13-15-34(16-14-33)43-32(2)56-30-68-43/h2*13-22,25,30-31,37,41,44,48-49,60H,10-12,23-24,27-29H2,1-9H3,(H,55,63)(H,57,61)(H,58,62)/t31-,37?,41?,44+,48?,49?;31-,37-,41+,44-,48?,49?/m01/s1. The Morgan fingerprint density at radius 1 is 0.500 bits per heavy atom. The van der Waals surface area contributed by atoms with Crippen LogP contribution in [0.1, 0.15) is 217 Å². The molecule has 2 unspecified atom stereocenters. The van der Waals surface area contributed by atoms with Gasteiger partial charge in [0, 0.05) is 96.0 Å². The van der Waals surface area contributed by atoms with Crippen molar-refractivity contribution in [3.63, 3.8) is 0 Å². The molecule has 2 aromatic heterocycles. The number of aliphatic hydroxyl groups is 2. The minimum atomic E-state index is -0.962. The number of aliphatic hydroxyl groups excluding tert-OH is 2. The lowest BCUT2D eigenvalue weighted by Crippen LogP contribution is -2.74. The zero-order valence-electron chi connectivity index (χ0n) is 81.0. The molecule has 0 spiro atoms. The van der Waals surface area contributed by atoms with Crippen LogP contribution in [0.5, 0.6) is 23.0 Å². The smallest absolute Gasteiger partial charge is 0.251 e. The number of unbranched alkanes of at least 4 members (excludes halogenated alkanes) is 2. The molecular formula is C104H130Cl2N12O16S2. The lowest BCUT2D eigenvalue weighted by atomic mass is 9.49. The third-order valence-corrected chi connectivity index (χ3v) is 28.6. The zero-order valence-corrected chi connectivity index (χ0v) is 84.1. The minimum absolute atomic E-state index is 0.0160. The number of carbonyl (C=O) groups is 8. The first-order valence-corrected chi connectivity index (χ1v) is 48.8.